The van der Waals surface area contributed by atoms with E-state index < -0.39 is 39.9 Å². The lowest BCUT2D eigenvalue weighted by Crippen LogP contribution is -2.42. The standard InChI is InChI=1S/C22H25FN2O6S/c1-24(2)32(29,30)18-8-5-6-15(10-18)14-31-22(28)20-12-17(26)13-25(20)21(27)11-16-7-3-4-9-19(16)23/h3-10,17,20,26H,11-14H2,1-2H3. The van der Waals surface area contributed by atoms with E-state index in [0.29, 0.717) is 5.56 Å². The van der Waals surface area contributed by atoms with Crippen molar-refractivity contribution >= 4 is 21.9 Å². The average molecular weight is 465 g/mol. The van der Waals surface area contributed by atoms with Crippen molar-refractivity contribution < 1.29 is 32.2 Å². The van der Waals surface area contributed by atoms with Crippen molar-refractivity contribution in [3.8, 4) is 0 Å². The normalized spacial score (nSPS) is 18.7. The van der Waals surface area contributed by atoms with E-state index >= 15 is 0 Å². The molecule has 1 aliphatic rings. The van der Waals surface area contributed by atoms with Crippen molar-refractivity contribution in [3.63, 3.8) is 0 Å². The molecule has 0 bridgehead atoms. The van der Waals surface area contributed by atoms with Gasteiger partial charge in [0, 0.05) is 27.1 Å². The van der Waals surface area contributed by atoms with E-state index in [-0.39, 0.29) is 36.5 Å². The first-order valence-electron chi connectivity index (χ1n) is 9.98. The Bertz CT molecular complexity index is 1110. The number of amides is 1. The molecule has 1 fully saturated rings. The molecular weight excluding hydrogens is 439 g/mol. The van der Waals surface area contributed by atoms with E-state index in [1.807, 2.05) is 0 Å². The van der Waals surface area contributed by atoms with Gasteiger partial charge in [-0.1, -0.05) is 30.3 Å². The number of likely N-dealkylation sites (tertiary alicyclic amines) is 1. The zero-order valence-electron chi connectivity index (χ0n) is 17.8. The Morgan fingerprint density at radius 2 is 1.91 bits per heavy atom. The van der Waals surface area contributed by atoms with E-state index in [1.165, 1.54) is 49.3 Å². The van der Waals surface area contributed by atoms with E-state index in [2.05, 4.69) is 0 Å². The molecule has 10 heteroatoms. The van der Waals surface area contributed by atoms with Crippen LogP contribution in [-0.2, 0) is 37.4 Å². The summed E-state index contributed by atoms with van der Waals surface area (Å²) in [5, 5.41) is 10.0. The highest BCUT2D eigenvalue weighted by Gasteiger charge is 2.40. The molecule has 2 atom stereocenters. The number of aliphatic hydroxyl groups excluding tert-OH is 1. The molecule has 1 aliphatic heterocycles. The number of halogens is 1. The number of aliphatic hydroxyl groups is 1. The number of hydrogen-bond acceptors (Lipinski definition) is 6. The number of nitrogens with zero attached hydrogens (tertiary/aromatic N) is 2. The molecule has 2 unspecified atom stereocenters. The summed E-state index contributed by atoms with van der Waals surface area (Å²) < 4.78 is 44.8. The first kappa shape index (κ1) is 23.8. The van der Waals surface area contributed by atoms with Crippen LogP contribution in [0.15, 0.2) is 53.4 Å². The Hall–Kier alpha value is -2.82. The minimum Gasteiger partial charge on any atom is -0.459 e. The van der Waals surface area contributed by atoms with Gasteiger partial charge < -0.3 is 14.7 Å². The molecule has 172 valence electrons. The SMILES string of the molecule is CN(C)S(=O)(=O)c1cccc(COC(=O)C2CC(O)CN2C(=O)Cc2ccccc2F)c1. The van der Waals surface area contributed by atoms with Crippen LogP contribution in [0.3, 0.4) is 0 Å². The highest BCUT2D eigenvalue weighted by Crippen LogP contribution is 2.22. The van der Waals surface area contributed by atoms with Crippen molar-refractivity contribution in [2.24, 2.45) is 0 Å². The fourth-order valence-electron chi connectivity index (χ4n) is 3.48. The Kier molecular flexibility index (Phi) is 7.27. The van der Waals surface area contributed by atoms with E-state index in [0.717, 1.165) is 4.31 Å². The second kappa shape index (κ2) is 9.76. The molecule has 1 heterocycles. The van der Waals surface area contributed by atoms with Crippen molar-refractivity contribution in [3.05, 3.63) is 65.5 Å². The fraction of sp³-hybridized carbons (Fsp3) is 0.364. The number of β-amino-alcohol motifs (C(OH)–C–C–N with tert-alkyl or cyclic N) is 1. The van der Waals surface area contributed by atoms with Gasteiger partial charge in [0.25, 0.3) is 0 Å². The van der Waals surface area contributed by atoms with Gasteiger partial charge in [-0.25, -0.2) is 21.9 Å². The van der Waals surface area contributed by atoms with Gasteiger partial charge in [0.1, 0.15) is 18.5 Å². The molecule has 1 N–H and O–H groups in total. The largest absolute Gasteiger partial charge is 0.459 e. The summed E-state index contributed by atoms with van der Waals surface area (Å²) in [6, 6.07) is 10.9. The second-order valence-corrected chi connectivity index (χ2v) is 9.91. The molecule has 1 saturated heterocycles. The van der Waals surface area contributed by atoms with E-state index in [4.69, 9.17) is 4.74 Å². The second-order valence-electron chi connectivity index (χ2n) is 7.76. The van der Waals surface area contributed by atoms with Crippen LogP contribution in [0.4, 0.5) is 4.39 Å². The van der Waals surface area contributed by atoms with Gasteiger partial charge in [0.05, 0.1) is 17.4 Å². The van der Waals surface area contributed by atoms with Crippen LogP contribution in [-0.4, -0.2) is 67.4 Å². The topological polar surface area (TPSA) is 104 Å². The van der Waals surface area contributed by atoms with E-state index in [9.17, 15) is 27.5 Å². The van der Waals surface area contributed by atoms with Crippen molar-refractivity contribution in [2.75, 3.05) is 20.6 Å². The van der Waals surface area contributed by atoms with Crippen LogP contribution in [0.1, 0.15) is 17.5 Å². The summed E-state index contributed by atoms with van der Waals surface area (Å²) in [7, 11) is -0.804. The lowest BCUT2D eigenvalue weighted by Gasteiger charge is -2.23. The Labute approximate surface area is 186 Å². The predicted octanol–water partition coefficient (Wildman–Crippen LogP) is 1.32. The molecule has 0 radical (unpaired) electrons. The van der Waals surface area contributed by atoms with Gasteiger partial charge in [-0.05, 0) is 29.3 Å². The average Bonchev–Trinajstić information content (AvgIpc) is 3.15. The van der Waals surface area contributed by atoms with Crippen LogP contribution in [0.2, 0.25) is 0 Å². The first-order valence-corrected chi connectivity index (χ1v) is 11.4. The number of benzene rings is 2. The number of carbonyl (C=O) groups excluding carboxylic acids is 2. The van der Waals surface area contributed by atoms with Crippen LogP contribution in [0, 0.1) is 5.82 Å². The molecule has 0 spiro atoms. The zero-order chi connectivity index (χ0) is 23.5. The number of ether oxygens (including phenoxy) is 1. The number of esters is 1. The van der Waals surface area contributed by atoms with Gasteiger partial charge in [-0.15, -0.1) is 0 Å². The molecular formula is C22H25FN2O6S. The fourth-order valence-corrected chi connectivity index (χ4v) is 4.45. The van der Waals surface area contributed by atoms with Crippen molar-refractivity contribution in [1.82, 2.24) is 9.21 Å². The molecule has 3 rings (SSSR count). The van der Waals surface area contributed by atoms with Gasteiger partial charge in [-0.3, -0.25) is 4.79 Å². The van der Waals surface area contributed by atoms with E-state index in [1.54, 1.807) is 18.2 Å². The monoisotopic (exact) mass is 464 g/mol. The van der Waals surface area contributed by atoms with Crippen LogP contribution in [0.25, 0.3) is 0 Å². The Morgan fingerprint density at radius 3 is 2.59 bits per heavy atom. The first-order chi connectivity index (χ1) is 15.1. The summed E-state index contributed by atoms with van der Waals surface area (Å²) in [5.41, 5.74) is 0.661. The molecule has 1 amide bonds. The number of carbonyl (C=O) groups is 2. The summed E-state index contributed by atoms with van der Waals surface area (Å²) >= 11 is 0. The third-order valence-electron chi connectivity index (χ3n) is 5.23. The lowest BCUT2D eigenvalue weighted by molar-refractivity contribution is -0.154. The predicted molar refractivity (Wildman–Crippen MR) is 113 cm³/mol. The van der Waals surface area contributed by atoms with Crippen molar-refractivity contribution in [1.29, 1.82) is 0 Å². The van der Waals surface area contributed by atoms with Gasteiger partial charge in [0.2, 0.25) is 15.9 Å². The number of hydrogen-bond donors (Lipinski definition) is 1. The summed E-state index contributed by atoms with van der Waals surface area (Å²) in [5.74, 6) is -1.73. The molecule has 32 heavy (non-hydrogen) atoms. The van der Waals surface area contributed by atoms with Gasteiger partial charge in [-0.2, -0.15) is 0 Å². The molecule has 0 aromatic heterocycles. The quantitative estimate of drug-likeness (QED) is 0.620. The lowest BCUT2D eigenvalue weighted by atomic mass is 10.1. The zero-order valence-corrected chi connectivity index (χ0v) is 18.6. The number of rotatable bonds is 7. The Balaban J connectivity index is 1.67. The molecule has 0 aliphatic carbocycles. The summed E-state index contributed by atoms with van der Waals surface area (Å²) in [6.07, 6.45) is -1.13. The number of sulfonamides is 1. The third kappa shape index (κ3) is 5.32. The maximum absolute atomic E-state index is 13.9. The highest BCUT2D eigenvalue weighted by atomic mass is 32.2. The van der Waals surface area contributed by atoms with Crippen LogP contribution >= 0.6 is 0 Å². The van der Waals surface area contributed by atoms with Gasteiger partial charge in [0.15, 0.2) is 0 Å². The molecule has 8 nitrogen and oxygen atoms in total. The minimum absolute atomic E-state index is 0.0108. The smallest absolute Gasteiger partial charge is 0.329 e. The van der Waals surface area contributed by atoms with Crippen LogP contribution in [0.5, 0.6) is 0 Å². The Morgan fingerprint density at radius 1 is 1.19 bits per heavy atom. The summed E-state index contributed by atoms with van der Waals surface area (Å²) in [4.78, 5) is 26.6. The highest BCUT2D eigenvalue weighted by molar-refractivity contribution is 7.89. The maximum Gasteiger partial charge on any atom is 0.329 e. The molecule has 2 aromatic rings. The molecule has 0 saturated carbocycles. The van der Waals surface area contributed by atoms with Crippen LogP contribution < -0.4 is 0 Å². The van der Waals surface area contributed by atoms with Crippen molar-refractivity contribution in [2.45, 2.75) is 36.5 Å². The third-order valence-corrected chi connectivity index (χ3v) is 7.04. The minimum atomic E-state index is -3.64. The summed E-state index contributed by atoms with van der Waals surface area (Å²) in [6.45, 7) is -0.249. The maximum atomic E-state index is 13.9. The van der Waals surface area contributed by atoms with Gasteiger partial charge >= 0.3 is 5.97 Å². The molecule has 2 aromatic carbocycles.